The molecular formula is C23H18N3NaO4S. The maximum Gasteiger partial charge on any atom is 1.00 e. The minimum Gasteiger partial charge on any atom is -1.00 e. The predicted molar refractivity (Wildman–Crippen MR) is 120 cm³/mol. The van der Waals surface area contributed by atoms with Gasteiger partial charge in [-0.25, -0.2) is 0 Å². The van der Waals surface area contributed by atoms with Crippen LogP contribution >= 0.6 is 0 Å². The van der Waals surface area contributed by atoms with Crippen LogP contribution in [0.3, 0.4) is 0 Å². The average Bonchev–Trinajstić information content (AvgIpc) is 2.78. The number of benzene rings is 4. The van der Waals surface area contributed by atoms with Crippen LogP contribution in [0.2, 0.25) is 0 Å². The van der Waals surface area contributed by atoms with Gasteiger partial charge >= 0.3 is 29.6 Å². The molecule has 0 saturated heterocycles. The quantitative estimate of drug-likeness (QED) is 0.157. The Hall–Kier alpha value is -2.88. The van der Waals surface area contributed by atoms with Crippen molar-refractivity contribution >= 4 is 43.7 Å². The summed E-state index contributed by atoms with van der Waals surface area (Å²) in [6, 6.07) is 23.2. The molecule has 0 aliphatic heterocycles. The first-order valence-electron chi connectivity index (χ1n) is 9.25. The van der Waals surface area contributed by atoms with Crippen LogP contribution in [0.15, 0.2) is 100 Å². The predicted octanol–water partition coefficient (Wildman–Crippen LogP) is 2.43. The van der Waals surface area contributed by atoms with Crippen LogP contribution in [0.1, 0.15) is 17.3 Å². The molecule has 9 heteroatoms. The standard InChI is InChI=1S/C23H17N3O4S.Na.H/c24-22-19-12-5-4-11-18(19)21(31(28,29)30)14-20(22)26-25-17-10-6-9-16(13-17)23(27)15-7-2-1-3-8-15;;/h1-14H,24H2,(H,28,29,30);;/q;+1;-1. The van der Waals surface area contributed by atoms with E-state index in [0.717, 1.165) is 0 Å². The molecule has 0 aliphatic rings. The first-order chi connectivity index (χ1) is 14.8. The zero-order valence-corrected chi connectivity index (χ0v) is 20.0. The van der Waals surface area contributed by atoms with E-state index in [1.807, 2.05) is 6.07 Å². The van der Waals surface area contributed by atoms with Crippen LogP contribution < -0.4 is 35.3 Å². The van der Waals surface area contributed by atoms with Crippen molar-refractivity contribution in [3.05, 3.63) is 96.1 Å². The molecule has 4 aromatic carbocycles. The van der Waals surface area contributed by atoms with E-state index in [1.165, 1.54) is 6.07 Å². The normalized spacial score (nSPS) is 11.4. The van der Waals surface area contributed by atoms with E-state index >= 15 is 0 Å². The number of hydrogen-bond donors (Lipinski definition) is 2. The Morgan fingerprint density at radius 2 is 1.44 bits per heavy atom. The second-order valence-electron chi connectivity index (χ2n) is 6.77. The van der Waals surface area contributed by atoms with Gasteiger partial charge in [-0.05, 0) is 18.2 Å². The fourth-order valence-electron chi connectivity index (χ4n) is 3.22. The minimum absolute atomic E-state index is 0. The Kier molecular flexibility index (Phi) is 7.22. The Balaban J connectivity index is 0.00000193. The van der Waals surface area contributed by atoms with E-state index < -0.39 is 10.1 Å². The molecule has 0 radical (unpaired) electrons. The summed E-state index contributed by atoms with van der Waals surface area (Å²) < 4.78 is 33.3. The number of ketones is 1. The Labute approximate surface area is 208 Å². The van der Waals surface area contributed by atoms with Crippen molar-refractivity contribution < 1.29 is 48.7 Å². The van der Waals surface area contributed by atoms with Crippen molar-refractivity contribution in [3.63, 3.8) is 0 Å². The summed E-state index contributed by atoms with van der Waals surface area (Å²) in [7, 11) is -4.50. The molecule has 32 heavy (non-hydrogen) atoms. The van der Waals surface area contributed by atoms with Gasteiger partial charge in [0.2, 0.25) is 0 Å². The molecule has 0 fully saturated rings. The summed E-state index contributed by atoms with van der Waals surface area (Å²) in [5.74, 6) is -0.156. The summed E-state index contributed by atoms with van der Waals surface area (Å²) >= 11 is 0. The average molecular weight is 455 g/mol. The van der Waals surface area contributed by atoms with Crippen LogP contribution in [0.5, 0.6) is 0 Å². The largest absolute Gasteiger partial charge is 1.00 e. The van der Waals surface area contributed by atoms with Gasteiger partial charge in [-0.3, -0.25) is 9.35 Å². The monoisotopic (exact) mass is 455 g/mol. The smallest absolute Gasteiger partial charge is 1.00 e. The van der Waals surface area contributed by atoms with Crippen LogP contribution in [-0.2, 0) is 10.1 Å². The van der Waals surface area contributed by atoms with Crippen molar-refractivity contribution in [2.45, 2.75) is 4.90 Å². The summed E-state index contributed by atoms with van der Waals surface area (Å²) in [4.78, 5) is 12.3. The number of nitrogens with two attached hydrogens (primary N) is 1. The summed E-state index contributed by atoms with van der Waals surface area (Å²) in [5.41, 5.74) is 7.86. The van der Waals surface area contributed by atoms with Crippen molar-refractivity contribution in [1.82, 2.24) is 0 Å². The van der Waals surface area contributed by atoms with E-state index in [4.69, 9.17) is 5.73 Å². The third-order valence-electron chi connectivity index (χ3n) is 4.72. The van der Waals surface area contributed by atoms with Gasteiger partial charge in [-0.15, -0.1) is 5.11 Å². The fraction of sp³-hybridized carbons (Fsp3) is 0. The first-order valence-corrected chi connectivity index (χ1v) is 10.7. The first kappa shape index (κ1) is 23.8. The van der Waals surface area contributed by atoms with Gasteiger partial charge in [0.25, 0.3) is 10.1 Å². The number of carbonyl (C=O) groups is 1. The van der Waals surface area contributed by atoms with Gasteiger partial charge in [0.1, 0.15) is 10.6 Å². The molecule has 156 valence electrons. The number of nitrogen functional groups attached to an aromatic ring is 1. The molecule has 4 rings (SSSR count). The third kappa shape index (κ3) is 4.95. The number of nitrogens with zero attached hydrogens (tertiary/aromatic N) is 2. The molecule has 0 unspecified atom stereocenters. The van der Waals surface area contributed by atoms with E-state index in [-0.39, 0.29) is 58.4 Å². The molecular weight excluding hydrogens is 437 g/mol. The molecule has 0 spiro atoms. The molecule has 0 bridgehead atoms. The van der Waals surface area contributed by atoms with Crippen LogP contribution in [0.25, 0.3) is 10.8 Å². The van der Waals surface area contributed by atoms with Crippen LogP contribution in [0.4, 0.5) is 17.1 Å². The topological polar surface area (TPSA) is 122 Å². The number of anilines is 1. The Morgan fingerprint density at radius 1 is 0.812 bits per heavy atom. The second kappa shape index (κ2) is 9.72. The molecule has 0 saturated carbocycles. The SMILES string of the molecule is Nc1c(N=Nc2cccc(C(=O)c3ccccc3)c2)cc(S(=O)(=O)O)c2ccccc12.[H-].[Na+]. The van der Waals surface area contributed by atoms with Crippen LogP contribution in [-0.4, -0.2) is 18.8 Å². The number of azo groups is 1. The van der Waals surface area contributed by atoms with E-state index in [2.05, 4.69) is 10.2 Å². The van der Waals surface area contributed by atoms with E-state index in [1.54, 1.807) is 72.8 Å². The summed E-state index contributed by atoms with van der Waals surface area (Å²) in [6.45, 7) is 0. The molecule has 0 aliphatic carbocycles. The Morgan fingerprint density at radius 3 is 2.12 bits per heavy atom. The molecule has 7 nitrogen and oxygen atoms in total. The van der Waals surface area contributed by atoms with Gasteiger partial charge in [0, 0.05) is 21.9 Å². The van der Waals surface area contributed by atoms with E-state index in [0.29, 0.717) is 22.2 Å². The van der Waals surface area contributed by atoms with Gasteiger partial charge in [-0.1, -0.05) is 66.7 Å². The van der Waals surface area contributed by atoms with Crippen molar-refractivity contribution in [2.24, 2.45) is 10.2 Å². The number of carbonyl (C=O) groups excluding carboxylic acids is 1. The number of fused-ring (bicyclic) bond motifs is 1. The summed E-state index contributed by atoms with van der Waals surface area (Å²) in [5, 5.41) is 8.93. The molecule has 0 heterocycles. The van der Waals surface area contributed by atoms with Crippen molar-refractivity contribution in [3.8, 4) is 0 Å². The maximum atomic E-state index is 12.6. The molecule has 0 aromatic heterocycles. The third-order valence-corrected chi connectivity index (χ3v) is 5.62. The number of hydrogen-bond acceptors (Lipinski definition) is 6. The minimum atomic E-state index is -4.50. The zero-order valence-electron chi connectivity index (χ0n) is 18.1. The maximum absolute atomic E-state index is 12.6. The Bertz CT molecular complexity index is 1450. The second-order valence-corrected chi connectivity index (χ2v) is 8.16. The fourth-order valence-corrected chi connectivity index (χ4v) is 3.94. The van der Waals surface area contributed by atoms with Gasteiger partial charge in [-0.2, -0.15) is 13.5 Å². The van der Waals surface area contributed by atoms with Crippen LogP contribution in [0, 0.1) is 0 Å². The number of rotatable bonds is 5. The van der Waals surface area contributed by atoms with E-state index in [9.17, 15) is 17.8 Å². The van der Waals surface area contributed by atoms with Crippen molar-refractivity contribution in [2.75, 3.05) is 5.73 Å². The van der Waals surface area contributed by atoms with Crippen molar-refractivity contribution in [1.29, 1.82) is 0 Å². The zero-order chi connectivity index (χ0) is 22.0. The summed E-state index contributed by atoms with van der Waals surface area (Å²) in [6.07, 6.45) is 0. The molecule has 4 aromatic rings. The molecule has 0 amide bonds. The molecule has 0 atom stereocenters. The van der Waals surface area contributed by atoms with Gasteiger partial charge in [0.05, 0.1) is 11.4 Å². The van der Waals surface area contributed by atoms with Gasteiger partial charge in [0.15, 0.2) is 5.78 Å². The van der Waals surface area contributed by atoms with Gasteiger partial charge < -0.3 is 7.16 Å². The molecule has 3 N–H and O–H groups in total.